The van der Waals surface area contributed by atoms with Crippen LogP contribution >= 0.6 is 15.9 Å². The Morgan fingerprint density at radius 3 is 2.74 bits per heavy atom. The summed E-state index contributed by atoms with van der Waals surface area (Å²) in [4.78, 5) is 23.6. The summed E-state index contributed by atoms with van der Waals surface area (Å²) in [6.07, 6.45) is 0.436. The molecule has 1 atom stereocenters. The van der Waals surface area contributed by atoms with Crippen LogP contribution in [-0.4, -0.2) is 44.3 Å². The van der Waals surface area contributed by atoms with Gasteiger partial charge in [0.1, 0.15) is 5.82 Å². The van der Waals surface area contributed by atoms with Crippen LogP contribution in [-0.2, 0) is 14.6 Å². The Hall–Kier alpha value is -1.48. The Bertz CT molecular complexity index is 723. The Morgan fingerprint density at radius 2 is 2.09 bits per heavy atom. The van der Waals surface area contributed by atoms with Crippen LogP contribution in [0.5, 0.6) is 0 Å². The molecule has 1 aliphatic heterocycles. The maximum atomic E-state index is 13.1. The van der Waals surface area contributed by atoms with Crippen LogP contribution in [0.3, 0.4) is 0 Å². The molecule has 2 amide bonds. The third-order valence-electron chi connectivity index (χ3n) is 3.41. The first-order valence-electron chi connectivity index (χ1n) is 7.00. The number of amides is 2. The minimum absolute atomic E-state index is 0.0230. The average molecular weight is 407 g/mol. The Morgan fingerprint density at radius 1 is 1.35 bits per heavy atom. The largest absolute Gasteiger partial charge is 0.352 e. The van der Waals surface area contributed by atoms with Gasteiger partial charge < -0.3 is 10.6 Å². The van der Waals surface area contributed by atoms with Gasteiger partial charge in [-0.3, -0.25) is 9.59 Å². The summed E-state index contributed by atoms with van der Waals surface area (Å²) in [6, 6.07) is 3.39. The zero-order valence-electron chi connectivity index (χ0n) is 12.1. The maximum absolute atomic E-state index is 13.1. The van der Waals surface area contributed by atoms with Gasteiger partial charge in [0.05, 0.1) is 17.1 Å². The van der Waals surface area contributed by atoms with E-state index in [0.717, 1.165) is 6.07 Å². The van der Waals surface area contributed by atoms with Crippen LogP contribution in [0.15, 0.2) is 22.7 Å². The highest BCUT2D eigenvalue weighted by Crippen LogP contribution is 2.17. The summed E-state index contributed by atoms with van der Waals surface area (Å²) in [7, 11) is -3.05. The fourth-order valence-corrected chi connectivity index (χ4v) is 4.37. The molecule has 1 fully saturated rings. The highest BCUT2D eigenvalue weighted by atomic mass is 79.9. The fourth-order valence-electron chi connectivity index (χ4n) is 2.26. The number of sulfone groups is 1. The second kappa shape index (κ2) is 7.39. The molecular weight excluding hydrogens is 391 g/mol. The van der Waals surface area contributed by atoms with Gasteiger partial charge in [0, 0.05) is 23.5 Å². The second-order valence-corrected chi connectivity index (χ2v) is 8.38. The van der Waals surface area contributed by atoms with E-state index in [1.807, 2.05) is 0 Å². The molecule has 9 heteroatoms. The number of carbonyl (C=O) groups is 2. The van der Waals surface area contributed by atoms with Crippen LogP contribution in [0.4, 0.5) is 4.39 Å². The zero-order valence-corrected chi connectivity index (χ0v) is 14.5. The molecule has 0 aromatic heterocycles. The molecule has 2 N–H and O–H groups in total. The first-order chi connectivity index (χ1) is 10.8. The quantitative estimate of drug-likeness (QED) is 0.762. The lowest BCUT2D eigenvalue weighted by atomic mass is 10.2. The van der Waals surface area contributed by atoms with Crippen molar-refractivity contribution < 1.29 is 22.4 Å². The Kier molecular flexibility index (Phi) is 5.74. The van der Waals surface area contributed by atoms with E-state index in [9.17, 15) is 22.4 Å². The summed E-state index contributed by atoms with van der Waals surface area (Å²) in [6.45, 7) is 0.0765. The van der Waals surface area contributed by atoms with Gasteiger partial charge >= 0.3 is 0 Å². The molecule has 0 bridgehead atoms. The number of carbonyl (C=O) groups excluding carboxylic acids is 2. The molecule has 0 saturated carbocycles. The van der Waals surface area contributed by atoms with Crippen LogP contribution in [0.25, 0.3) is 0 Å². The molecule has 1 saturated heterocycles. The van der Waals surface area contributed by atoms with E-state index in [1.54, 1.807) is 0 Å². The van der Waals surface area contributed by atoms with Gasteiger partial charge in [0.15, 0.2) is 9.84 Å². The number of nitrogens with one attached hydrogen (secondary N) is 2. The summed E-state index contributed by atoms with van der Waals surface area (Å²) >= 11 is 3.16. The van der Waals surface area contributed by atoms with Gasteiger partial charge in [-0.25, -0.2) is 12.8 Å². The van der Waals surface area contributed by atoms with E-state index in [1.165, 1.54) is 12.1 Å². The van der Waals surface area contributed by atoms with Gasteiger partial charge in [0.25, 0.3) is 5.91 Å². The van der Waals surface area contributed by atoms with E-state index in [2.05, 4.69) is 26.6 Å². The van der Waals surface area contributed by atoms with Crippen LogP contribution in [0.2, 0.25) is 0 Å². The molecule has 1 unspecified atom stereocenters. The lowest BCUT2D eigenvalue weighted by Crippen LogP contribution is -2.37. The third-order valence-corrected chi connectivity index (χ3v) is 5.87. The van der Waals surface area contributed by atoms with Crippen molar-refractivity contribution in [3.05, 3.63) is 34.1 Å². The van der Waals surface area contributed by atoms with Gasteiger partial charge in [-0.1, -0.05) is 0 Å². The number of halogens is 2. The van der Waals surface area contributed by atoms with Crippen molar-refractivity contribution in [2.75, 3.05) is 18.1 Å². The standard InChI is InChI=1S/C14H16BrFN2O4S/c15-12-2-1-9(16)7-11(12)14(20)17-5-3-13(19)18-10-4-6-23(21,22)8-10/h1-2,7,10H,3-6,8H2,(H,17,20)(H,18,19). The number of rotatable bonds is 5. The van der Waals surface area contributed by atoms with Crippen LogP contribution in [0.1, 0.15) is 23.2 Å². The van der Waals surface area contributed by atoms with E-state index < -0.39 is 21.6 Å². The highest BCUT2D eigenvalue weighted by Gasteiger charge is 2.28. The van der Waals surface area contributed by atoms with Crippen molar-refractivity contribution in [1.82, 2.24) is 10.6 Å². The van der Waals surface area contributed by atoms with E-state index >= 15 is 0 Å². The molecule has 1 heterocycles. The number of benzene rings is 1. The molecule has 0 aliphatic carbocycles. The van der Waals surface area contributed by atoms with Gasteiger partial charge in [-0.2, -0.15) is 0 Å². The Labute approximate surface area is 141 Å². The summed E-state index contributed by atoms with van der Waals surface area (Å²) < 4.78 is 36.2. The van der Waals surface area contributed by atoms with Gasteiger partial charge in [-0.05, 0) is 40.5 Å². The predicted octanol–water partition coefficient (Wildman–Crippen LogP) is 1.01. The fraction of sp³-hybridized carbons (Fsp3) is 0.429. The average Bonchev–Trinajstić information content (AvgIpc) is 2.80. The van der Waals surface area contributed by atoms with Gasteiger partial charge in [-0.15, -0.1) is 0 Å². The first kappa shape index (κ1) is 17.9. The van der Waals surface area contributed by atoms with E-state index in [0.29, 0.717) is 10.9 Å². The van der Waals surface area contributed by atoms with Crippen LogP contribution < -0.4 is 10.6 Å². The lowest BCUT2D eigenvalue weighted by Gasteiger charge is -2.11. The maximum Gasteiger partial charge on any atom is 0.252 e. The first-order valence-corrected chi connectivity index (χ1v) is 9.61. The number of hydrogen-bond donors (Lipinski definition) is 2. The lowest BCUT2D eigenvalue weighted by molar-refractivity contribution is -0.121. The van der Waals surface area contributed by atoms with E-state index in [4.69, 9.17) is 0 Å². The van der Waals surface area contributed by atoms with Crippen molar-refractivity contribution in [2.24, 2.45) is 0 Å². The normalized spacial score (nSPS) is 19.3. The highest BCUT2D eigenvalue weighted by molar-refractivity contribution is 9.10. The molecule has 23 heavy (non-hydrogen) atoms. The Balaban J connectivity index is 1.77. The second-order valence-electron chi connectivity index (χ2n) is 5.30. The third kappa shape index (κ3) is 5.28. The zero-order chi connectivity index (χ0) is 17.0. The van der Waals surface area contributed by atoms with Crippen LogP contribution in [0, 0.1) is 5.82 Å². The molecule has 126 valence electrons. The van der Waals surface area contributed by atoms with E-state index in [-0.39, 0.29) is 42.0 Å². The summed E-state index contributed by atoms with van der Waals surface area (Å²) in [5.41, 5.74) is 0.146. The van der Waals surface area contributed by atoms with Crippen molar-refractivity contribution in [3.63, 3.8) is 0 Å². The molecular formula is C14H16BrFN2O4S. The smallest absolute Gasteiger partial charge is 0.252 e. The minimum atomic E-state index is -3.05. The van der Waals surface area contributed by atoms with Crippen molar-refractivity contribution in [2.45, 2.75) is 18.9 Å². The molecule has 0 radical (unpaired) electrons. The van der Waals surface area contributed by atoms with Crippen molar-refractivity contribution >= 4 is 37.6 Å². The topological polar surface area (TPSA) is 92.3 Å². The summed E-state index contributed by atoms with van der Waals surface area (Å²) in [5, 5.41) is 5.15. The molecule has 1 aliphatic rings. The molecule has 1 aromatic carbocycles. The van der Waals surface area contributed by atoms with Gasteiger partial charge in [0.2, 0.25) is 5.91 Å². The van der Waals surface area contributed by atoms with Crippen molar-refractivity contribution in [1.29, 1.82) is 0 Å². The number of hydrogen-bond acceptors (Lipinski definition) is 4. The molecule has 6 nitrogen and oxygen atoms in total. The molecule has 2 rings (SSSR count). The minimum Gasteiger partial charge on any atom is -0.352 e. The predicted molar refractivity (Wildman–Crippen MR) is 86.3 cm³/mol. The molecule has 0 spiro atoms. The SMILES string of the molecule is O=C(CCNC(=O)c1cc(F)ccc1Br)NC1CCS(=O)(=O)C1. The summed E-state index contributed by atoms with van der Waals surface area (Å²) in [5.74, 6) is -1.30. The van der Waals surface area contributed by atoms with Crippen molar-refractivity contribution in [3.8, 4) is 0 Å². The monoisotopic (exact) mass is 406 g/mol. The molecule has 1 aromatic rings.